The number of nitrogens with one attached hydrogen (secondary N) is 1. The molecule has 0 aliphatic heterocycles. The number of aliphatic hydroxyl groups is 1. The summed E-state index contributed by atoms with van der Waals surface area (Å²) >= 11 is 0. The van der Waals surface area contributed by atoms with Crippen molar-refractivity contribution in [3.05, 3.63) is 36.0 Å². The van der Waals surface area contributed by atoms with Crippen molar-refractivity contribution in [2.24, 2.45) is 5.92 Å². The Bertz CT molecular complexity index is 879. The topological polar surface area (TPSA) is 88.2 Å². The van der Waals surface area contributed by atoms with Crippen LogP contribution in [0.4, 0.5) is 10.3 Å². The number of aliphatic hydroxyl groups excluding tert-OH is 1. The van der Waals surface area contributed by atoms with Gasteiger partial charge in [-0.3, -0.25) is 4.98 Å². The van der Waals surface area contributed by atoms with Gasteiger partial charge >= 0.3 is 0 Å². The van der Waals surface area contributed by atoms with Crippen LogP contribution in [0, 0.1) is 11.7 Å². The number of pyridine rings is 1. The monoisotopic (exact) mass is 344 g/mol. The molecule has 7 nitrogen and oxygen atoms in total. The van der Waals surface area contributed by atoms with Crippen molar-refractivity contribution in [3.63, 3.8) is 0 Å². The molecule has 0 aromatic carbocycles. The molecular formula is C17H21FN6O. The smallest absolute Gasteiger partial charge is 0.227 e. The maximum Gasteiger partial charge on any atom is 0.227 e. The summed E-state index contributed by atoms with van der Waals surface area (Å²) in [6.45, 7) is 6.64. The molecule has 0 bridgehead atoms. The van der Waals surface area contributed by atoms with E-state index < -0.39 is 5.82 Å². The summed E-state index contributed by atoms with van der Waals surface area (Å²) in [7, 11) is 0. The fraction of sp³-hybridized carbons (Fsp3) is 0.412. The third-order valence-corrected chi connectivity index (χ3v) is 3.90. The Labute approximate surface area is 145 Å². The molecule has 2 N–H and O–H groups in total. The molecule has 8 heteroatoms. The molecule has 3 aromatic rings. The van der Waals surface area contributed by atoms with E-state index >= 15 is 0 Å². The predicted molar refractivity (Wildman–Crippen MR) is 92.8 cm³/mol. The van der Waals surface area contributed by atoms with Gasteiger partial charge in [-0.2, -0.15) is 14.6 Å². The molecule has 1 atom stereocenters. The van der Waals surface area contributed by atoms with Crippen LogP contribution in [0.15, 0.2) is 24.7 Å². The number of aromatic nitrogens is 5. The van der Waals surface area contributed by atoms with Crippen LogP contribution in [0.2, 0.25) is 0 Å². The minimum Gasteiger partial charge on any atom is -0.396 e. The molecule has 0 aliphatic carbocycles. The molecule has 1 unspecified atom stereocenters. The molecule has 0 saturated heterocycles. The van der Waals surface area contributed by atoms with E-state index in [2.05, 4.69) is 39.2 Å². The van der Waals surface area contributed by atoms with Gasteiger partial charge in [0.1, 0.15) is 5.82 Å². The predicted octanol–water partition coefficient (Wildman–Crippen LogP) is 2.49. The minimum absolute atomic E-state index is 0.0597. The van der Waals surface area contributed by atoms with E-state index in [0.29, 0.717) is 29.5 Å². The Morgan fingerprint density at radius 1 is 1.20 bits per heavy atom. The van der Waals surface area contributed by atoms with Crippen LogP contribution in [-0.4, -0.2) is 42.8 Å². The molecule has 132 valence electrons. The lowest BCUT2D eigenvalue weighted by Crippen LogP contribution is -2.18. The molecular weight excluding hydrogens is 323 g/mol. The molecule has 0 amide bonds. The summed E-state index contributed by atoms with van der Waals surface area (Å²) in [5.41, 5.74) is 2.14. The van der Waals surface area contributed by atoms with Crippen molar-refractivity contribution in [3.8, 4) is 11.4 Å². The Morgan fingerprint density at radius 3 is 2.68 bits per heavy atom. The first kappa shape index (κ1) is 17.2. The molecule has 3 aromatic heterocycles. The largest absolute Gasteiger partial charge is 0.396 e. The van der Waals surface area contributed by atoms with Crippen LogP contribution in [0.3, 0.4) is 0 Å². The Balaban J connectivity index is 2.12. The van der Waals surface area contributed by atoms with Crippen LogP contribution >= 0.6 is 0 Å². The highest BCUT2D eigenvalue weighted by Crippen LogP contribution is 2.24. The van der Waals surface area contributed by atoms with Crippen molar-refractivity contribution in [1.29, 1.82) is 0 Å². The van der Waals surface area contributed by atoms with Gasteiger partial charge in [-0.05, 0) is 17.9 Å². The van der Waals surface area contributed by atoms with Gasteiger partial charge in [-0.15, -0.1) is 0 Å². The first-order valence-electron chi connectivity index (χ1n) is 8.21. The first-order chi connectivity index (χ1) is 12.0. The average Bonchev–Trinajstić information content (AvgIpc) is 3.03. The number of rotatable bonds is 6. The first-order valence-corrected chi connectivity index (χ1v) is 8.21. The summed E-state index contributed by atoms with van der Waals surface area (Å²) in [5, 5.41) is 16.8. The number of halogens is 1. The van der Waals surface area contributed by atoms with E-state index in [1.54, 1.807) is 10.7 Å². The molecule has 0 aliphatic rings. The van der Waals surface area contributed by atoms with Gasteiger partial charge in [0.25, 0.3) is 0 Å². The van der Waals surface area contributed by atoms with Crippen molar-refractivity contribution < 1.29 is 9.50 Å². The average molecular weight is 344 g/mol. The summed E-state index contributed by atoms with van der Waals surface area (Å²) in [4.78, 5) is 12.9. The second-order valence-electron chi connectivity index (χ2n) is 6.42. The number of hydrogen-bond donors (Lipinski definition) is 2. The Kier molecular flexibility index (Phi) is 4.89. The van der Waals surface area contributed by atoms with Gasteiger partial charge in [0.05, 0.1) is 12.4 Å². The lowest BCUT2D eigenvalue weighted by Gasteiger charge is -2.13. The molecule has 3 heterocycles. The molecule has 3 rings (SSSR count). The van der Waals surface area contributed by atoms with Crippen LogP contribution in [0.5, 0.6) is 0 Å². The lowest BCUT2D eigenvalue weighted by molar-refractivity contribution is 0.244. The number of anilines is 1. The van der Waals surface area contributed by atoms with E-state index in [4.69, 9.17) is 0 Å². The summed E-state index contributed by atoms with van der Waals surface area (Å²) < 4.78 is 15.2. The normalized spacial score (nSPS) is 12.7. The second kappa shape index (κ2) is 7.10. The van der Waals surface area contributed by atoms with Crippen LogP contribution in [0.25, 0.3) is 17.0 Å². The second-order valence-corrected chi connectivity index (χ2v) is 6.42. The third-order valence-electron chi connectivity index (χ3n) is 3.90. The van der Waals surface area contributed by atoms with Gasteiger partial charge in [0.2, 0.25) is 5.95 Å². The highest BCUT2D eigenvalue weighted by molar-refractivity contribution is 5.61. The highest BCUT2D eigenvalue weighted by atomic mass is 19.1. The zero-order valence-electron chi connectivity index (χ0n) is 14.4. The van der Waals surface area contributed by atoms with Crippen LogP contribution < -0.4 is 5.32 Å². The van der Waals surface area contributed by atoms with Crippen LogP contribution in [-0.2, 0) is 0 Å². The third kappa shape index (κ3) is 3.58. The summed E-state index contributed by atoms with van der Waals surface area (Å²) in [5.74, 6) is 0.721. The highest BCUT2D eigenvalue weighted by Gasteiger charge is 2.16. The SMILES string of the molecule is CC(CO)CNc1nc(-c2cncc(F)c2)nc2c(C(C)C)cnn12. The van der Waals surface area contributed by atoms with E-state index in [9.17, 15) is 9.50 Å². The fourth-order valence-electron chi connectivity index (χ4n) is 2.41. The van der Waals surface area contributed by atoms with E-state index in [1.165, 1.54) is 12.3 Å². The maximum absolute atomic E-state index is 13.5. The number of fused-ring (bicyclic) bond motifs is 1. The molecule has 0 spiro atoms. The summed E-state index contributed by atoms with van der Waals surface area (Å²) in [6.07, 6.45) is 4.44. The standard InChI is InChI=1S/C17H21FN6O/c1-10(2)14-8-21-24-16(14)22-15(12-4-13(18)7-19-6-12)23-17(24)20-5-11(3)9-25/h4,6-8,10-11,25H,5,9H2,1-3H3,(H,20,22,23). The Hall–Kier alpha value is -2.61. The quantitative estimate of drug-likeness (QED) is 0.714. The zero-order valence-corrected chi connectivity index (χ0v) is 14.4. The molecule has 0 saturated carbocycles. The fourth-order valence-corrected chi connectivity index (χ4v) is 2.41. The van der Waals surface area contributed by atoms with Gasteiger partial charge < -0.3 is 10.4 Å². The van der Waals surface area contributed by atoms with Gasteiger partial charge in [-0.1, -0.05) is 20.8 Å². The van der Waals surface area contributed by atoms with E-state index in [0.717, 1.165) is 11.8 Å². The molecule has 0 fully saturated rings. The molecule has 0 radical (unpaired) electrons. The van der Waals surface area contributed by atoms with Crippen molar-refractivity contribution >= 4 is 11.6 Å². The van der Waals surface area contributed by atoms with Crippen molar-refractivity contribution in [2.75, 3.05) is 18.5 Å². The molecule has 25 heavy (non-hydrogen) atoms. The van der Waals surface area contributed by atoms with Crippen molar-refractivity contribution in [2.45, 2.75) is 26.7 Å². The van der Waals surface area contributed by atoms with E-state index in [-0.39, 0.29) is 18.4 Å². The maximum atomic E-state index is 13.5. The van der Waals surface area contributed by atoms with Gasteiger partial charge in [0.15, 0.2) is 11.5 Å². The minimum atomic E-state index is -0.443. The lowest BCUT2D eigenvalue weighted by atomic mass is 10.1. The zero-order chi connectivity index (χ0) is 18.0. The number of nitrogens with zero attached hydrogens (tertiary/aromatic N) is 5. The summed E-state index contributed by atoms with van der Waals surface area (Å²) in [6, 6.07) is 1.35. The van der Waals surface area contributed by atoms with Gasteiger partial charge in [-0.25, -0.2) is 9.37 Å². The van der Waals surface area contributed by atoms with Gasteiger partial charge in [0, 0.05) is 30.5 Å². The van der Waals surface area contributed by atoms with Crippen molar-refractivity contribution in [1.82, 2.24) is 24.6 Å². The van der Waals surface area contributed by atoms with E-state index in [1.807, 2.05) is 6.92 Å². The Morgan fingerprint density at radius 2 is 2.00 bits per heavy atom. The number of hydrogen-bond acceptors (Lipinski definition) is 6. The van der Waals surface area contributed by atoms with Crippen LogP contribution in [0.1, 0.15) is 32.3 Å².